The van der Waals surface area contributed by atoms with Gasteiger partial charge in [0.1, 0.15) is 17.5 Å². The third-order valence-corrected chi connectivity index (χ3v) is 2.50. The van der Waals surface area contributed by atoms with Crippen molar-refractivity contribution in [2.75, 3.05) is 5.73 Å². The van der Waals surface area contributed by atoms with E-state index in [4.69, 9.17) is 11.0 Å². The van der Waals surface area contributed by atoms with Crippen molar-refractivity contribution >= 4 is 5.82 Å². The van der Waals surface area contributed by atoms with E-state index in [1.807, 2.05) is 0 Å². The average Bonchev–Trinajstić information content (AvgIpc) is 2.57. The molecule has 1 aromatic heterocycles. The average molecular weight is 218 g/mol. The summed E-state index contributed by atoms with van der Waals surface area (Å²) < 4.78 is 1.63. The molecule has 0 saturated carbocycles. The molecule has 0 bridgehead atoms. The lowest BCUT2D eigenvalue weighted by molar-refractivity contribution is 0.663. The van der Waals surface area contributed by atoms with Crippen molar-refractivity contribution < 1.29 is 0 Å². The maximum Gasteiger partial charge on any atom is 0.140 e. The van der Waals surface area contributed by atoms with Crippen molar-refractivity contribution in [2.24, 2.45) is 0 Å². The number of nitriles is 1. The summed E-state index contributed by atoms with van der Waals surface area (Å²) in [7, 11) is 0. The lowest BCUT2D eigenvalue weighted by Gasteiger charge is -1.97. The summed E-state index contributed by atoms with van der Waals surface area (Å²) >= 11 is 0. The van der Waals surface area contributed by atoms with Gasteiger partial charge in [0.15, 0.2) is 0 Å². The van der Waals surface area contributed by atoms with Gasteiger partial charge in [-0.25, -0.2) is 4.68 Å². The van der Waals surface area contributed by atoms with E-state index in [1.165, 1.54) is 0 Å². The zero-order chi connectivity index (χ0) is 12.0. The van der Waals surface area contributed by atoms with Crippen LogP contribution in [0.1, 0.15) is 37.4 Å². The predicted molar refractivity (Wildman–Crippen MR) is 64.8 cm³/mol. The highest BCUT2D eigenvalue weighted by Crippen LogP contribution is 2.18. The molecule has 0 aliphatic rings. The largest absolute Gasteiger partial charge is 0.383 e. The van der Waals surface area contributed by atoms with Gasteiger partial charge in [-0.3, -0.25) is 0 Å². The minimum Gasteiger partial charge on any atom is -0.383 e. The number of aromatic nitrogens is 2. The first-order valence-electron chi connectivity index (χ1n) is 5.60. The van der Waals surface area contributed by atoms with E-state index in [0.29, 0.717) is 17.9 Å². The number of hydrogen-bond acceptors (Lipinski definition) is 3. The Labute approximate surface area is 96.4 Å². The molecule has 0 fully saturated rings. The molecule has 1 aromatic rings. The normalized spacial score (nSPS) is 10.0. The van der Waals surface area contributed by atoms with E-state index >= 15 is 0 Å². The molecule has 0 aliphatic heterocycles. The summed E-state index contributed by atoms with van der Waals surface area (Å²) in [5, 5.41) is 13.4. The van der Waals surface area contributed by atoms with E-state index in [0.717, 1.165) is 31.4 Å². The molecule has 4 heteroatoms. The molecule has 0 aromatic carbocycles. The van der Waals surface area contributed by atoms with Crippen LogP contribution in [0.15, 0.2) is 12.7 Å². The number of nitrogens with zero attached hydrogens (tertiary/aromatic N) is 3. The van der Waals surface area contributed by atoms with E-state index in [-0.39, 0.29) is 0 Å². The van der Waals surface area contributed by atoms with Crippen molar-refractivity contribution in [1.29, 1.82) is 5.26 Å². The summed E-state index contributed by atoms with van der Waals surface area (Å²) in [4.78, 5) is 0. The molecule has 4 nitrogen and oxygen atoms in total. The smallest absolute Gasteiger partial charge is 0.140 e. The Balaban J connectivity index is 2.86. The topological polar surface area (TPSA) is 67.6 Å². The molecule has 16 heavy (non-hydrogen) atoms. The first-order valence-corrected chi connectivity index (χ1v) is 5.60. The Morgan fingerprint density at radius 2 is 2.31 bits per heavy atom. The van der Waals surface area contributed by atoms with Gasteiger partial charge in [-0.1, -0.05) is 25.8 Å². The molecule has 0 amide bonds. The van der Waals surface area contributed by atoms with Crippen LogP contribution in [0.25, 0.3) is 0 Å². The van der Waals surface area contributed by atoms with Crippen LogP contribution < -0.4 is 5.73 Å². The number of nitrogens with two attached hydrogens (primary N) is 1. The third kappa shape index (κ3) is 2.63. The lowest BCUT2D eigenvalue weighted by Crippen LogP contribution is -2.03. The van der Waals surface area contributed by atoms with Gasteiger partial charge < -0.3 is 5.73 Å². The third-order valence-electron chi connectivity index (χ3n) is 2.50. The molecule has 0 saturated heterocycles. The molecule has 0 radical (unpaired) electrons. The number of aryl methyl sites for hydroxylation is 1. The standard InChI is InChI=1S/C12H18N4/c1-3-5-6-7-11-10(9-13)12(14)16(15-11)8-4-2/h4H,2-3,5-8,14H2,1H3. The van der Waals surface area contributed by atoms with Crippen LogP contribution in [0.5, 0.6) is 0 Å². The zero-order valence-electron chi connectivity index (χ0n) is 9.74. The molecular weight excluding hydrogens is 200 g/mol. The number of unbranched alkanes of at least 4 members (excludes halogenated alkanes) is 2. The Morgan fingerprint density at radius 1 is 1.56 bits per heavy atom. The maximum atomic E-state index is 9.03. The zero-order valence-corrected chi connectivity index (χ0v) is 9.74. The highest BCUT2D eigenvalue weighted by molar-refractivity contribution is 5.52. The Hall–Kier alpha value is -1.76. The second-order valence-electron chi connectivity index (χ2n) is 3.75. The summed E-state index contributed by atoms with van der Waals surface area (Å²) in [6.07, 6.45) is 5.91. The summed E-state index contributed by atoms with van der Waals surface area (Å²) in [6.45, 7) is 6.34. The number of allylic oxidation sites excluding steroid dienone is 1. The van der Waals surface area contributed by atoms with Gasteiger partial charge in [-0.05, 0) is 12.8 Å². The minimum atomic E-state index is 0.453. The molecule has 86 valence electrons. The highest BCUT2D eigenvalue weighted by atomic mass is 15.3. The van der Waals surface area contributed by atoms with Gasteiger partial charge >= 0.3 is 0 Å². The van der Waals surface area contributed by atoms with Crippen molar-refractivity contribution in [3.8, 4) is 6.07 Å². The van der Waals surface area contributed by atoms with Gasteiger partial charge in [0, 0.05) is 0 Å². The van der Waals surface area contributed by atoms with Gasteiger partial charge in [0.25, 0.3) is 0 Å². The quantitative estimate of drug-likeness (QED) is 0.588. The fraction of sp³-hybridized carbons (Fsp3) is 0.500. The molecule has 0 unspecified atom stereocenters. The van der Waals surface area contributed by atoms with E-state index in [9.17, 15) is 0 Å². The number of rotatable bonds is 6. The number of hydrogen-bond donors (Lipinski definition) is 1. The van der Waals surface area contributed by atoms with Gasteiger partial charge in [0.2, 0.25) is 0 Å². The van der Waals surface area contributed by atoms with Gasteiger partial charge in [0.05, 0.1) is 12.2 Å². The molecule has 1 rings (SSSR count). The number of anilines is 1. The van der Waals surface area contributed by atoms with Crippen LogP contribution in [-0.4, -0.2) is 9.78 Å². The number of nitrogen functional groups attached to an aromatic ring is 1. The van der Waals surface area contributed by atoms with Gasteiger partial charge in [-0.2, -0.15) is 10.4 Å². The summed E-state index contributed by atoms with van der Waals surface area (Å²) in [5.41, 5.74) is 7.18. The SMILES string of the molecule is C=CCn1nc(CCCCC)c(C#N)c1N. The van der Waals surface area contributed by atoms with Crippen molar-refractivity contribution in [3.63, 3.8) is 0 Å². The second-order valence-corrected chi connectivity index (χ2v) is 3.75. The van der Waals surface area contributed by atoms with Crippen LogP contribution in [-0.2, 0) is 13.0 Å². The predicted octanol–water partition coefficient (Wildman–Crippen LogP) is 2.26. The minimum absolute atomic E-state index is 0.453. The van der Waals surface area contributed by atoms with Crippen LogP contribution >= 0.6 is 0 Å². The molecule has 1 heterocycles. The summed E-state index contributed by atoms with van der Waals surface area (Å²) in [6, 6.07) is 2.13. The van der Waals surface area contributed by atoms with Crippen LogP contribution in [0, 0.1) is 11.3 Å². The monoisotopic (exact) mass is 218 g/mol. The van der Waals surface area contributed by atoms with Crippen molar-refractivity contribution in [1.82, 2.24) is 9.78 Å². The fourth-order valence-corrected chi connectivity index (χ4v) is 1.63. The first kappa shape index (κ1) is 12.3. The highest BCUT2D eigenvalue weighted by Gasteiger charge is 2.13. The maximum absolute atomic E-state index is 9.03. The molecule has 0 aliphatic carbocycles. The Morgan fingerprint density at radius 3 is 2.88 bits per heavy atom. The van der Waals surface area contributed by atoms with Gasteiger partial charge in [-0.15, -0.1) is 6.58 Å². The van der Waals surface area contributed by atoms with Crippen LogP contribution in [0.4, 0.5) is 5.82 Å². The lowest BCUT2D eigenvalue weighted by atomic mass is 10.1. The van der Waals surface area contributed by atoms with E-state index in [1.54, 1.807) is 10.8 Å². The molecule has 0 atom stereocenters. The first-order chi connectivity index (χ1) is 7.74. The molecule has 2 N–H and O–H groups in total. The molecular formula is C12H18N4. The molecule has 0 spiro atoms. The van der Waals surface area contributed by atoms with Crippen molar-refractivity contribution in [3.05, 3.63) is 23.9 Å². The van der Waals surface area contributed by atoms with Crippen molar-refractivity contribution in [2.45, 2.75) is 39.2 Å². The van der Waals surface area contributed by atoms with E-state index < -0.39 is 0 Å². The second kappa shape index (κ2) is 5.96. The van der Waals surface area contributed by atoms with E-state index in [2.05, 4.69) is 24.7 Å². The Kier molecular flexibility index (Phi) is 4.59. The van der Waals surface area contributed by atoms with Crippen LogP contribution in [0.3, 0.4) is 0 Å². The fourth-order valence-electron chi connectivity index (χ4n) is 1.63. The Bertz CT molecular complexity index is 398. The summed E-state index contributed by atoms with van der Waals surface area (Å²) in [5.74, 6) is 0.453. The van der Waals surface area contributed by atoms with Crippen LogP contribution in [0.2, 0.25) is 0 Å².